The molecule has 0 spiro atoms. The predicted octanol–water partition coefficient (Wildman–Crippen LogP) is 2.94. The number of carbonyl (C=O) groups is 3. The van der Waals surface area contributed by atoms with E-state index in [2.05, 4.69) is 10.6 Å². The van der Waals surface area contributed by atoms with Gasteiger partial charge in [0, 0.05) is 17.5 Å². The van der Waals surface area contributed by atoms with E-state index in [9.17, 15) is 14.4 Å². The van der Waals surface area contributed by atoms with E-state index in [1.54, 1.807) is 26.0 Å². The van der Waals surface area contributed by atoms with Gasteiger partial charge in [0.1, 0.15) is 0 Å². The summed E-state index contributed by atoms with van der Waals surface area (Å²) in [6, 6.07) is 6.51. The molecule has 1 aliphatic rings. The average Bonchev–Trinajstić information content (AvgIpc) is 3.08. The largest absolute Gasteiger partial charge is 0.449 e. The van der Waals surface area contributed by atoms with Gasteiger partial charge in [0.25, 0.3) is 5.91 Å². The summed E-state index contributed by atoms with van der Waals surface area (Å²) >= 11 is 3.78. The Morgan fingerprint density at radius 1 is 1.08 bits per heavy atom. The number of esters is 1. The summed E-state index contributed by atoms with van der Waals surface area (Å²) in [6.45, 7) is 4.98. The highest BCUT2D eigenvalue weighted by molar-refractivity contribution is 8.19. The Bertz CT molecular complexity index is 628. The smallest absolute Gasteiger partial charge is 0.338 e. The maximum absolute atomic E-state index is 12.1. The third-order valence-corrected chi connectivity index (χ3v) is 6.45. The van der Waals surface area contributed by atoms with Gasteiger partial charge in [-0.15, -0.1) is 23.5 Å². The van der Waals surface area contributed by atoms with Crippen LogP contribution >= 0.6 is 23.5 Å². The van der Waals surface area contributed by atoms with E-state index in [0.717, 1.165) is 11.5 Å². The van der Waals surface area contributed by atoms with Crippen molar-refractivity contribution in [2.45, 2.75) is 37.5 Å². The molecule has 6 nitrogen and oxygen atoms in total. The zero-order valence-corrected chi connectivity index (χ0v) is 16.0. The van der Waals surface area contributed by atoms with Crippen molar-refractivity contribution >= 4 is 41.4 Å². The lowest BCUT2D eigenvalue weighted by Gasteiger charge is -2.15. The lowest BCUT2D eigenvalue weighted by atomic mass is 10.1. The molecule has 1 unspecified atom stereocenters. The molecule has 1 saturated heterocycles. The van der Waals surface area contributed by atoms with Gasteiger partial charge in [-0.3, -0.25) is 10.1 Å². The molecule has 136 valence electrons. The molecule has 2 N–H and O–H groups in total. The van der Waals surface area contributed by atoms with E-state index in [1.165, 1.54) is 12.5 Å². The van der Waals surface area contributed by atoms with Crippen LogP contribution in [0.2, 0.25) is 0 Å². The lowest BCUT2D eigenvalue weighted by molar-refractivity contribution is -0.127. The monoisotopic (exact) mass is 382 g/mol. The van der Waals surface area contributed by atoms with Crippen molar-refractivity contribution in [3.05, 3.63) is 35.4 Å². The Labute approximate surface area is 155 Å². The van der Waals surface area contributed by atoms with Gasteiger partial charge in [0.05, 0.1) is 10.1 Å². The van der Waals surface area contributed by atoms with Crippen LogP contribution in [0.15, 0.2) is 24.3 Å². The summed E-state index contributed by atoms with van der Waals surface area (Å²) in [5, 5.41) is 4.67. The molecule has 8 heteroatoms. The molecule has 1 atom stereocenters. The highest BCUT2D eigenvalue weighted by Gasteiger charge is 2.22. The maximum atomic E-state index is 12.1. The molecule has 2 rings (SSSR count). The second-order valence-corrected chi connectivity index (χ2v) is 8.58. The van der Waals surface area contributed by atoms with Crippen molar-refractivity contribution in [3.8, 4) is 0 Å². The number of carbonyl (C=O) groups excluding carboxylic acids is 3. The van der Waals surface area contributed by atoms with E-state index in [-0.39, 0.29) is 6.04 Å². The molecular formula is C17H22N2O4S2. The van der Waals surface area contributed by atoms with Gasteiger partial charge in [-0.25, -0.2) is 9.59 Å². The summed E-state index contributed by atoms with van der Waals surface area (Å²) in [5.74, 6) is 1.01. The van der Waals surface area contributed by atoms with Gasteiger partial charge in [-0.2, -0.15) is 0 Å². The normalized spacial score (nSPS) is 15.7. The summed E-state index contributed by atoms with van der Waals surface area (Å²) in [5.41, 5.74) is 1.54. The quantitative estimate of drug-likeness (QED) is 0.762. The number of imide groups is 1. The van der Waals surface area contributed by atoms with Crippen molar-refractivity contribution in [1.82, 2.24) is 10.6 Å². The second-order valence-electron chi connectivity index (χ2n) is 5.86. The molecule has 0 saturated carbocycles. The van der Waals surface area contributed by atoms with Crippen LogP contribution in [0.3, 0.4) is 0 Å². The fourth-order valence-electron chi connectivity index (χ4n) is 2.12. The van der Waals surface area contributed by atoms with Gasteiger partial charge in [-0.1, -0.05) is 12.1 Å². The summed E-state index contributed by atoms with van der Waals surface area (Å²) in [6.07, 6.45) is -1.06. The van der Waals surface area contributed by atoms with Crippen LogP contribution in [0.1, 0.15) is 41.3 Å². The molecule has 0 aromatic heterocycles. The van der Waals surface area contributed by atoms with E-state index in [0.29, 0.717) is 10.1 Å². The van der Waals surface area contributed by atoms with Crippen LogP contribution in [0.25, 0.3) is 0 Å². The number of thioether (sulfide) groups is 2. The number of hydrogen-bond donors (Lipinski definition) is 2. The van der Waals surface area contributed by atoms with Gasteiger partial charge >= 0.3 is 12.0 Å². The zero-order valence-electron chi connectivity index (χ0n) is 14.4. The van der Waals surface area contributed by atoms with Crippen molar-refractivity contribution in [2.75, 3.05) is 11.5 Å². The minimum atomic E-state index is -1.06. The molecule has 3 amide bonds. The van der Waals surface area contributed by atoms with Crippen molar-refractivity contribution < 1.29 is 19.1 Å². The van der Waals surface area contributed by atoms with E-state index in [1.807, 2.05) is 35.7 Å². The van der Waals surface area contributed by atoms with Crippen LogP contribution < -0.4 is 10.6 Å². The first-order valence-corrected chi connectivity index (χ1v) is 10.1. The van der Waals surface area contributed by atoms with Gasteiger partial charge in [0.15, 0.2) is 6.10 Å². The van der Waals surface area contributed by atoms with E-state index in [4.69, 9.17) is 4.74 Å². The molecule has 0 radical (unpaired) electrons. The standard InChI is InChI=1S/C17H22N2O4S2/c1-10(2)18-17(22)19-14(20)11(3)23-15(21)12-4-6-13(7-5-12)16-24-8-9-25-16/h4-7,10-11,16H,8-9H2,1-3H3,(H2,18,19,20,22). The summed E-state index contributed by atoms with van der Waals surface area (Å²) in [7, 11) is 0. The SMILES string of the molecule is CC(C)NC(=O)NC(=O)C(C)OC(=O)c1ccc(C2SCCS2)cc1. The highest BCUT2D eigenvalue weighted by atomic mass is 32.2. The molecular weight excluding hydrogens is 360 g/mol. The highest BCUT2D eigenvalue weighted by Crippen LogP contribution is 2.45. The number of benzene rings is 1. The van der Waals surface area contributed by atoms with Crippen molar-refractivity contribution in [3.63, 3.8) is 0 Å². The number of urea groups is 1. The minimum Gasteiger partial charge on any atom is -0.449 e. The van der Waals surface area contributed by atoms with Crippen LogP contribution in [0.5, 0.6) is 0 Å². The van der Waals surface area contributed by atoms with Gasteiger partial charge in [0.2, 0.25) is 0 Å². The topological polar surface area (TPSA) is 84.5 Å². The zero-order chi connectivity index (χ0) is 18.4. The number of hydrogen-bond acceptors (Lipinski definition) is 6. The third kappa shape index (κ3) is 5.97. The molecule has 1 heterocycles. The number of amides is 3. The molecule has 0 aliphatic carbocycles. The molecule has 1 fully saturated rings. The number of ether oxygens (including phenoxy) is 1. The van der Waals surface area contributed by atoms with Crippen molar-refractivity contribution in [2.24, 2.45) is 0 Å². The molecule has 1 aromatic carbocycles. The van der Waals surface area contributed by atoms with E-state index >= 15 is 0 Å². The second kappa shape index (κ2) is 9.15. The number of nitrogens with one attached hydrogen (secondary N) is 2. The number of rotatable bonds is 5. The fraction of sp³-hybridized carbons (Fsp3) is 0.471. The Balaban J connectivity index is 1.87. The van der Waals surface area contributed by atoms with Gasteiger partial charge in [-0.05, 0) is 38.5 Å². The Hall–Kier alpha value is -1.67. The Morgan fingerprint density at radius 3 is 2.24 bits per heavy atom. The fourth-order valence-corrected chi connectivity index (χ4v) is 4.98. The summed E-state index contributed by atoms with van der Waals surface area (Å²) < 4.78 is 5.54. The molecule has 25 heavy (non-hydrogen) atoms. The van der Waals surface area contributed by atoms with Crippen LogP contribution in [-0.2, 0) is 9.53 Å². The van der Waals surface area contributed by atoms with Crippen LogP contribution in [0, 0.1) is 0 Å². The minimum absolute atomic E-state index is 0.0969. The Morgan fingerprint density at radius 2 is 1.68 bits per heavy atom. The molecule has 0 bridgehead atoms. The average molecular weight is 383 g/mol. The lowest BCUT2D eigenvalue weighted by Crippen LogP contribution is -2.46. The van der Waals surface area contributed by atoms with E-state index < -0.39 is 24.0 Å². The Kier molecular flexibility index (Phi) is 7.19. The van der Waals surface area contributed by atoms with Crippen LogP contribution in [0.4, 0.5) is 4.79 Å². The molecule has 1 aliphatic heterocycles. The van der Waals surface area contributed by atoms with Crippen LogP contribution in [-0.4, -0.2) is 41.6 Å². The first kappa shape index (κ1) is 19.7. The first-order valence-electron chi connectivity index (χ1n) is 8.02. The first-order chi connectivity index (χ1) is 11.9. The maximum Gasteiger partial charge on any atom is 0.338 e. The third-order valence-electron chi connectivity index (χ3n) is 3.35. The molecule has 1 aromatic rings. The van der Waals surface area contributed by atoms with Gasteiger partial charge < -0.3 is 10.1 Å². The summed E-state index contributed by atoms with van der Waals surface area (Å²) in [4.78, 5) is 35.5. The van der Waals surface area contributed by atoms with Crippen molar-refractivity contribution in [1.29, 1.82) is 0 Å². The predicted molar refractivity (Wildman–Crippen MR) is 101 cm³/mol.